The molecule has 2 aromatic rings. The Labute approximate surface area is 120 Å². The van der Waals surface area contributed by atoms with Crippen LogP contribution in [0, 0.1) is 6.92 Å². The lowest BCUT2D eigenvalue weighted by Gasteiger charge is -2.14. The highest BCUT2D eigenvalue weighted by Gasteiger charge is 2.09. The Morgan fingerprint density at radius 1 is 1.40 bits per heavy atom. The van der Waals surface area contributed by atoms with Crippen LogP contribution in [0.1, 0.15) is 37.6 Å². The molecule has 0 aliphatic rings. The number of aromatic nitrogens is 3. The van der Waals surface area contributed by atoms with Crippen molar-refractivity contribution in [2.24, 2.45) is 7.05 Å². The van der Waals surface area contributed by atoms with Gasteiger partial charge in [0.15, 0.2) is 0 Å². The largest absolute Gasteiger partial charge is 0.421 e. The third-order valence-electron chi connectivity index (χ3n) is 3.13. The van der Waals surface area contributed by atoms with Gasteiger partial charge in [-0.3, -0.25) is 0 Å². The summed E-state index contributed by atoms with van der Waals surface area (Å²) in [6, 6.07) is 6.16. The molecule has 1 unspecified atom stereocenters. The molecule has 2 heterocycles. The number of hydrogen-bond donors (Lipinski definition) is 1. The number of hydrogen-bond acceptors (Lipinski definition) is 4. The van der Waals surface area contributed by atoms with Crippen LogP contribution in [0.15, 0.2) is 24.4 Å². The second-order valence-corrected chi connectivity index (χ2v) is 4.95. The van der Waals surface area contributed by atoms with Crippen molar-refractivity contribution >= 4 is 0 Å². The molecule has 1 N–H and O–H groups in total. The van der Waals surface area contributed by atoms with Crippen LogP contribution in [-0.4, -0.2) is 21.3 Å². The Balaban J connectivity index is 2.11. The van der Waals surface area contributed by atoms with E-state index in [9.17, 15) is 0 Å². The summed E-state index contributed by atoms with van der Waals surface area (Å²) < 4.78 is 7.50. The highest BCUT2D eigenvalue weighted by molar-refractivity contribution is 5.27. The zero-order valence-electron chi connectivity index (χ0n) is 12.6. The van der Waals surface area contributed by atoms with Gasteiger partial charge in [0.25, 0.3) is 0 Å². The Hall–Kier alpha value is -1.88. The van der Waals surface area contributed by atoms with E-state index in [1.807, 2.05) is 32.2 Å². The molecule has 0 fully saturated rings. The molecule has 0 spiro atoms. The van der Waals surface area contributed by atoms with Gasteiger partial charge in [-0.2, -0.15) is 5.10 Å². The molecule has 0 aliphatic heterocycles. The van der Waals surface area contributed by atoms with Crippen LogP contribution in [0.3, 0.4) is 0 Å². The fourth-order valence-corrected chi connectivity index (χ4v) is 2.02. The summed E-state index contributed by atoms with van der Waals surface area (Å²) >= 11 is 0. The minimum Gasteiger partial charge on any atom is -0.421 e. The van der Waals surface area contributed by atoms with E-state index in [1.54, 1.807) is 10.9 Å². The second-order valence-electron chi connectivity index (χ2n) is 4.95. The molecule has 0 aromatic carbocycles. The lowest BCUT2D eigenvalue weighted by Crippen LogP contribution is -2.19. The van der Waals surface area contributed by atoms with Crippen LogP contribution in [0.2, 0.25) is 0 Å². The molecule has 0 saturated carbocycles. The third-order valence-corrected chi connectivity index (χ3v) is 3.13. The summed E-state index contributed by atoms with van der Waals surface area (Å²) in [5, 5.41) is 7.71. The normalized spacial score (nSPS) is 12.4. The molecule has 0 bridgehead atoms. The van der Waals surface area contributed by atoms with Crippen LogP contribution in [-0.2, 0) is 7.05 Å². The average molecular weight is 274 g/mol. The minimum absolute atomic E-state index is 0.286. The van der Waals surface area contributed by atoms with E-state index >= 15 is 0 Å². The number of ether oxygens (including phenoxy) is 1. The van der Waals surface area contributed by atoms with E-state index in [2.05, 4.69) is 29.2 Å². The third kappa shape index (κ3) is 3.57. The molecular weight excluding hydrogens is 252 g/mol. The summed E-state index contributed by atoms with van der Waals surface area (Å²) in [7, 11) is 1.86. The lowest BCUT2D eigenvalue weighted by atomic mass is 10.1. The van der Waals surface area contributed by atoms with Crippen LogP contribution < -0.4 is 10.1 Å². The number of nitrogens with one attached hydrogen (secondary N) is 1. The van der Waals surface area contributed by atoms with E-state index in [0.717, 1.165) is 18.7 Å². The van der Waals surface area contributed by atoms with Crippen LogP contribution in [0.4, 0.5) is 0 Å². The van der Waals surface area contributed by atoms with Crippen molar-refractivity contribution < 1.29 is 4.74 Å². The minimum atomic E-state index is 0.286. The van der Waals surface area contributed by atoms with Crippen molar-refractivity contribution in [2.75, 3.05) is 6.54 Å². The van der Waals surface area contributed by atoms with E-state index < -0.39 is 0 Å². The van der Waals surface area contributed by atoms with Crippen molar-refractivity contribution in [1.82, 2.24) is 20.1 Å². The number of aryl methyl sites for hydroxylation is 2. The zero-order chi connectivity index (χ0) is 14.5. The molecule has 0 amide bonds. The molecule has 108 valence electrons. The van der Waals surface area contributed by atoms with Crippen molar-refractivity contribution in [3.05, 3.63) is 35.7 Å². The monoisotopic (exact) mass is 274 g/mol. The predicted octanol–water partition coefficient (Wildman–Crippen LogP) is 2.98. The summed E-state index contributed by atoms with van der Waals surface area (Å²) in [5.41, 5.74) is 2.10. The van der Waals surface area contributed by atoms with Gasteiger partial charge in [-0.25, -0.2) is 9.67 Å². The van der Waals surface area contributed by atoms with Crippen LogP contribution in [0.25, 0.3) is 0 Å². The highest BCUT2D eigenvalue weighted by Crippen LogP contribution is 2.22. The predicted molar refractivity (Wildman–Crippen MR) is 79.0 cm³/mol. The fourth-order valence-electron chi connectivity index (χ4n) is 2.02. The first-order valence-corrected chi connectivity index (χ1v) is 6.98. The van der Waals surface area contributed by atoms with Crippen molar-refractivity contribution in [3.8, 4) is 11.8 Å². The Bertz CT molecular complexity index is 565. The molecule has 0 aliphatic carbocycles. The standard InChI is InChI=1S/C15H22N4O/c1-5-7-16-12(3)13-6-8-17-14(10-13)20-15-9-11(2)18-19(15)4/h6,8-10,12,16H,5,7H2,1-4H3. The summed E-state index contributed by atoms with van der Waals surface area (Å²) in [6.45, 7) is 7.24. The highest BCUT2D eigenvalue weighted by atomic mass is 16.5. The van der Waals surface area contributed by atoms with Crippen molar-refractivity contribution in [3.63, 3.8) is 0 Å². The van der Waals surface area contributed by atoms with Gasteiger partial charge in [0.05, 0.1) is 5.69 Å². The summed E-state index contributed by atoms with van der Waals surface area (Å²) in [6.07, 6.45) is 2.89. The Morgan fingerprint density at radius 3 is 2.85 bits per heavy atom. The van der Waals surface area contributed by atoms with Gasteiger partial charge >= 0.3 is 0 Å². The van der Waals surface area contributed by atoms with Crippen molar-refractivity contribution in [2.45, 2.75) is 33.2 Å². The zero-order valence-corrected chi connectivity index (χ0v) is 12.6. The molecule has 2 rings (SSSR count). The van der Waals surface area contributed by atoms with Crippen molar-refractivity contribution in [1.29, 1.82) is 0 Å². The van der Waals surface area contributed by atoms with E-state index in [1.165, 1.54) is 5.56 Å². The van der Waals surface area contributed by atoms with Gasteiger partial charge in [-0.15, -0.1) is 0 Å². The van der Waals surface area contributed by atoms with E-state index in [4.69, 9.17) is 4.74 Å². The average Bonchev–Trinajstić information content (AvgIpc) is 2.74. The van der Waals surface area contributed by atoms with Gasteiger partial charge in [-0.05, 0) is 38.4 Å². The molecule has 20 heavy (non-hydrogen) atoms. The smallest absolute Gasteiger partial charge is 0.221 e. The quantitative estimate of drug-likeness (QED) is 0.880. The summed E-state index contributed by atoms with van der Waals surface area (Å²) in [5.74, 6) is 1.29. The maximum absolute atomic E-state index is 5.79. The van der Waals surface area contributed by atoms with Gasteiger partial charge in [0.1, 0.15) is 0 Å². The first-order chi connectivity index (χ1) is 9.60. The Morgan fingerprint density at radius 2 is 2.20 bits per heavy atom. The number of pyridine rings is 1. The van der Waals surface area contributed by atoms with Crippen LogP contribution >= 0.6 is 0 Å². The molecule has 0 radical (unpaired) electrons. The first-order valence-electron chi connectivity index (χ1n) is 6.98. The molecule has 2 aromatic heterocycles. The molecule has 1 atom stereocenters. The van der Waals surface area contributed by atoms with Gasteiger partial charge in [0, 0.05) is 31.4 Å². The molecule has 0 saturated heterocycles. The van der Waals surface area contributed by atoms with Gasteiger partial charge in [0.2, 0.25) is 11.8 Å². The topological polar surface area (TPSA) is 52.0 Å². The lowest BCUT2D eigenvalue weighted by molar-refractivity contribution is 0.414. The van der Waals surface area contributed by atoms with E-state index in [0.29, 0.717) is 11.8 Å². The second kappa shape index (κ2) is 6.52. The van der Waals surface area contributed by atoms with E-state index in [-0.39, 0.29) is 6.04 Å². The van der Waals surface area contributed by atoms with Crippen LogP contribution in [0.5, 0.6) is 11.8 Å². The SMILES string of the molecule is CCCNC(C)c1ccnc(Oc2cc(C)nn2C)c1. The molecular formula is C15H22N4O. The number of nitrogens with zero attached hydrogens (tertiary/aromatic N) is 3. The Kier molecular flexibility index (Phi) is 4.74. The fraction of sp³-hybridized carbons (Fsp3) is 0.467. The maximum atomic E-state index is 5.79. The maximum Gasteiger partial charge on any atom is 0.221 e. The van der Waals surface area contributed by atoms with Gasteiger partial charge in [-0.1, -0.05) is 6.92 Å². The summed E-state index contributed by atoms with van der Waals surface area (Å²) in [4.78, 5) is 4.26. The molecule has 5 heteroatoms. The molecule has 5 nitrogen and oxygen atoms in total. The number of rotatable bonds is 6. The van der Waals surface area contributed by atoms with Gasteiger partial charge < -0.3 is 10.1 Å². The first kappa shape index (κ1) is 14.5.